The molecule has 4 nitrogen and oxygen atoms in total. The molecule has 0 aromatic heterocycles. The number of amides is 1. The van der Waals surface area contributed by atoms with E-state index < -0.39 is 6.10 Å². The van der Waals surface area contributed by atoms with Gasteiger partial charge in [-0.05, 0) is 80.4 Å². The molecule has 5 heteroatoms. The number of hydrogen-bond donors (Lipinski definition) is 1. The van der Waals surface area contributed by atoms with Gasteiger partial charge in [0.05, 0.1) is 0 Å². The molecule has 3 aromatic rings. The zero-order valence-corrected chi connectivity index (χ0v) is 17.3. The van der Waals surface area contributed by atoms with Crippen LogP contribution in [0.25, 0.3) is 0 Å². The first kappa shape index (κ1) is 20.6. The molecular weight excluding hydrogens is 386 g/mol. The second kappa shape index (κ2) is 8.93. The number of carbonyl (C=O) groups is 2. The van der Waals surface area contributed by atoms with Crippen molar-refractivity contribution in [3.05, 3.63) is 94.0 Å². The lowest BCUT2D eigenvalue weighted by atomic mass is 10.0. The normalized spacial score (nSPS) is 11.6. The molecule has 0 spiro atoms. The molecule has 0 aliphatic heterocycles. The maximum atomic E-state index is 12.5. The number of carbonyl (C=O) groups excluding carboxylic acids is 2. The van der Waals surface area contributed by atoms with Crippen LogP contribution in [0.3, 0.4) is 0 Å². The molecule has 0 heterocycles. The van der Waals surface area contributed by atoms with E-state index in [0.29, 0.717) is 21.9 Å². The molecular formula is C24H22ClNO3. The first-order valence-corrected chi connectivity index (χ1v) is 9.67. The number of anilines is 1. The number of nitrogens with one attached hydrogen (secondary N) is 1. The van der Waals surface area contributed by atoms with E-state index in [1.54, 1.807) is 55.5 Å². The Morgan fingerprint density at radius 3 is 1.93 bits per heavy atom. The predicted octanol–water partition coefficient (Wildman–Crippen LogP) is 5.59. The summed E-state index contributed by atoms with van der Waals surface area (Å²) < 4.78 is 5.74. The van der Waals surface area contributed by atoms with Crippen molar-refractivity contribution in [1.82, 2.24) is 0 Å². The molecule has 29 heavy (non-hydrogen) atoms. The zero-order valence-electron chi connectivity index (χ0n) is 16.5. The highest BCUT2D eigenvalue weighted by Crippen LogP contribution is 2.21. The molecule has 0 saturated carbocycles. The molecule has 1 atom stereocenters. The number of para-hydroxylation sites is 1. The van der Waals surface area contributed by atoms with E-state index in [1.807, 2.05) is 32.0 Å². The predicted molar refractivity (Wildman–Crippen MR) is 116 cm³/mol. The molecule has 0 bridgehead atoms. The third kappa shape index (κ3) is 5.04. The first-order chi connectivity index (χ1) is 13.8. The van der Waals surface area contributed by atoms with Crippen LogP contribution >= 0.6 is 11.6 Å². The van der Waals surface area contributed by atoms with Gasteiger partial charge >= 0.3 is 0 Å². The van der Waals surface area contributed by atoms with Crippen LogP contribution in [0.4, 0.5) is 5.69 Å². The van der Waals surface area contributed by atoms with Crippen molar-refractivity contribution in [3.63, 3.8) is 0 Å². The first-order valence-electron chi connectivity index (χ1n) is 9.29. The van der Waals surface area contributed by atoms with Gasteiger partial charge in [-0.1, -0.05) is 29.8 Å². The van der Waals surface area contributed by atoms with Crippen LogP contribution in [0.15, 0.2) is 66.7 Å². The number of halogens is 1. The Hall–Kier alpha value is -3.11. The topological polar surface area (TPSA) is 55.4 Å². The lowest BCUT2D eigenvalue weighted by Crippen LogP contribution is -2.30. The molecule has 0 aliphatic rings. The van der Waals surface area contributed by atoms with Crippen LogP contribution in [-0.4, -0.2) is 17.8 Å². The summed E-state index contributed by atoms with van der Waals surface area (Å²) in [6, 6.07) is 19.3. The Kier molecular flexibility index (Phi) is 6.35. The second-order valence-corrected chi connectivity index (χ2v) is 7.31. The van der Waals surface area contributed by atoms with Gasteiger partial charge in [0.15, 0.2) is 11.9 Å². The summed E-state index contributed by atoms with van der Waals surface area (Å²) in [6.45, 7) is 5.59. The molecule has 0 radical (unpaired) electrons. The average molecular weight is 408 g/mol. The van der Waals surface area contributed by atoms with Crippen molar-refractivity contribution in [2.45, 2.75) is 26.9 Å². The summed E-state index contributed by atoms with van der Waals surface area (Å²) in [4.78, 5) is 25.0. The zero-order chi connectivity index (χ0) is 21.0. The Morgan fingerprint density at radius 2 is 1.38 bits per heavy atom. The van der Waals surface area contributed by atoms with E-state index >= 15 is 0 Å². The van der Waals surface area contributed by atoms with Crippen molar-refractivity contribution in [2.24, 2.45) is 0 Å². The molecule has 148 valence electrons. The van der Waals surface area contributed by atoms with Crippen LogP contribution < -0.4 is 10.1 Å². The number of hydrogen-bond acceptors (Lipinski definition) is 3. The minimum Gasteiger partial charge on any atom is -0.481 e. The molecule has 0 aliphatic carbocycles. The fourth-order valence-corrected chi connectivity index (χ4v) is 3.07. The van der Waals surface area contributed by atoms with Crippen LogP contribution in [-0.2, 0) is 4.79 Å². The van der Waals surface area contributed by atoms with Gasteiger partial charge in [0.2, 0.25) is 0 Å². The van der Waals surface area contributed by atoms with Crippen LogP contribution in [0, 0.1) is 13.8 Å². The van der Waals surface area contributed by atoms with E-state index in [1.165, 1.54) is 0 Å². The van der Waals surface area contributed by atoms with Gasteiger partial charge in [0.1, 0.15) is 5.75 Å². The summed E-state index contributed by atoms with van der Waals surface area (Å²) in [6.07, 6.45) is -0.688. The van der Waals surface area contributed by atoms with Gasteiger partial charge in [-0.25, -0.2) is 0 Å². The SMILES string of the molecule is Cc1cccc(C)c1NC(=O)[C@@H](C)Oc1ccc(C(=O)c2ccc(Cl)cc2)cc1. The van der Waals surface area contributed by atoms with Crippen molar-refractivity contribution >= 4 is 29.0 Å². The molecule has 0 fully saturated rings. The number of ketones is 1. The third-order valence-corrected chi connectivity index (χ3v) is 4.89. The Balaban J connectivity index is 1.65. The largest absolute Gasteiger partial charge is 0.481 e. The average Bonchev–Trinajstić information content (AvgIpc) is 2.71. The Morgan fingerprint density at radius 1 is 0.862 bits per heavy atom. The fourth-order valence-electron chi connectivity index (χ4n) is 2.95. The van der Waals surface area contributed by atoms with Crippen LogP contribution in [0.1, 0.15) is 34.0 Å². The minimum atomic E-state index is -0.688. The Labute approximate surface area is 175 Å². The number of aryl methyl sites for hydroxylation is 2. The highest BCUT2D eigenvalue weighted by molar-refractivity contribution is 6.30. The van der Waals surface area contributed by atoms with E-state index in [-0.39, 0.29) is 11.7 Å². The maximum absolute atomic E-state index is 12.5. The van der Waals surface area contributed by atoms with E-state index in [4.69, 9.17) is 16.3 Å². The third-order valence-electron chi connectivity index (χ3n) is 4.63. The smallest absolute Gasteiger partial charge is 0.265 e. The summed E-state index contributed by atoms with van der Waals surface area (Å²) in [7, 11) is 0. The van der Waals surface area contributed by atoms with Gasteiger partial charge in [-0.2, -0.15) is 0 Å². The van der Waals surface area contributed by atoms with Crippen molar-refractivity contribution in [1.29, 1.82) is 0 Å². The molecule has 0 unspecified atom stereocenters. The van der Waals surface area contributed by atoms with Gasteiger partial charge in [0.25, 0.3) is 5.91 Å². The summed E-state index contributed by atoms with van der Waals surface area (Å²) in [5.74, 6) is 0.180. The molecule has 3 aromatic carbocycles. The van der Waals surface area contributed by atoms with E-state index in [2.05, 4.69) is 5.32 Å². The van der Waals surface area contributed by atoms with Crippen molar-refractivity contribution in [3.8, 4) is 5.75 Å². The van der Waals surface area contributed by atoms with Crippen molar-refractivity contribution < 1.29 is 14.3 Å². The van der Waals surface area contributed by atoms with E-state index in [9.17, 15) is 9.59 Å². The van der Waals surface area contributed by atoms with Gasteiger partial charge < -0.3 is 10.1 Å². The molecule has 1 N–H and O–H groups in total. The quantitative estimate of drug-likeness (QED) is 0.541. The number of benzene rings is 3. The van der Waals surface area contributed by atoms with Crippen LogP contribution in [0.5, 0.6) is 5.75 Å². The van der Waals surface area contributed by atoms with Gasteiger partial charge in [-0.3, -0.25) is 9.59 Å². The van der Waals surface area contributed by atoms with E-state index in [0.717, 1.165) is 16.8 Å². The van der Waals surface area contributed by atoms with Crippen molar-refractivity contribution in [2.75, 3.05) is 5.32 Å². The molecule has 3 rings (SSSR count). The lowest BCUT2D eigenvalue weighted by molar-refractivity contribution is -0.122. The molecule has 0 saturated heterocycles. The monoisotopic (exact) mass is 407 g/mol. The van der Waals surface area contributed by atoms with Gasteiger partial charge in [-0.15, -0.1) is 0 Å². The highest BCUT2D eigenvalue weighted by atomic mass is 35.5. The molecule has 1 amide bonds. The minimum absolute atomic E-state index is 0.103. The standard InChI is InChI=1S/C24H22ClNO3/c1-15-5-4-6-16(2)22(15)26-24(28)17(3)29-21-13-9-19(10-14-21)23(27)18-7-11-20(25)12-8-18/h4-14,17H,1-3H3,(H,26,28)/t17-/m1/s1. The number of ether oxygens (including phenoxy) is 1. The fraction of sp³-hybridized carbons (Fsp3) is 0.167. The van der Waals surface area contributed by atoms with Crippen LogP contribution in [0.2, 0.25) is 5.02 Å². The maximum Gasteiger partial charge on any atom is 0.265 e. The highest BCUT2D eigenvalue weighted by Gasteiger charge is 2.17. The summed E-state index contributed by atoms with van der Waals surface area (Å²) >= 11 is 5.86. The Bertz CT molecular complexity index is 1010. The summed E-state index contributed by atoms with van der Waals surface area (Å²) in [5.41, 5.74) is 3.89. The van der Waals surface area contributed by atoms with Gasteiger partial charge in [0, 0.05) is 21.8 Å². The summed E-state index contributed by atoms with van der Waals surface area (Å²) in [5, 5.41) is 3.51. The second-order valence-electron chi connectivity index (χ2n) is 6.88. The number of rotatable bonds is 6. The lowest BCUT2D eigenvalue weighted by Gasteiger charge is -2.17.